The lowest BCUT2D eigenvalue weighted by Crippen LogP contribution is -2.29. The Kier molecular flexibility index (Phi) is 5.18. The summed E-state index contributed by atoms with van der Waals surface area (Å²) in [6, 6.07) is 5.22. The molecule has 28 heavy (non-hydrogen) atoms. The molecule has 0 aliphatic heterocycles. The molecule has 0 amide bonds. The van der Waals surface area contributed by atoms with Gasteiger partial charge in [-0.2, -0.15) is 0 Å². The van der Waals surface area contributed by atoms with Gasteiger partial charge in [0.1, 0.15) is 5.82 Å². The molecule has 0 fully saturated rings. The third kappa shape index (κ3) is 3.48. The number of thioether (sulfide) groups is 1. The normalized spacial score (nSPS) is 11.3. The van der Waals surface area contributed by atoms with Gasteiger partial charge in [-0.1, -0.05) is 11.8 Å². The second-order valence-corrected chi connectivity index (χ2v) is 7.31. The predicted molar refractivity (Wildman–Crippen MR) is 105 cm³/mol. The average molecular weight is 403 g/mol. The van der Waals surface area contributed by atoms with Crippen LogP contribution in [0.4, 0.5) is 5.69 Å². The molecular formula is C17H17N5O5S. The molecular weight excluding hydrogens is 386 g/mol. The Morgan fingerprint density at radius 2 is 1.93 bits per heavy atom. The molecule has 0 saturated heterocycles. The number of benzene rings is 1. The summed E-state index contributed by atoms with van der Waals surface area (Å²) in [6.07, 6.45) is 0. The highest BCUT2D eigenvalue weighted by Crippen LogP contribution is 2.24. The summed E-state index contributed by atoms with van der Waals surface area (Å²) < 4.78 is 2.95. The van der Waals surface area contributed by atoms with E-state index in [1.165, 1.54) is 35.9 Å². The standard InChI is InChI=1S/C17H17N5O5S/c1-9(2)21-12(18-14-13(21)15(23)19-17(25)20(14)3)8-28-16(24)10-4-6-11(7-5-10)22(26)27/h4-7,9H,8H2,1-3H3,(H,19,23,25). The van der Waals surface area contributed by atoms with Gasteiger partial charge in [-0.3, -0.25) is 29.3 Å². The first kappa shape index (κ1) is 19.5. The van der Waals surface area contributed by atoms with Crippen LogP contribution in [0.15, 0.2) is 33.9 Å². The van der Waals surface area contributed by atoms with Gasteiger partial charge in [0.2, 0.25) is 5.12 Å². The Morgan fingerprint density at radius 1 is 1.29 bits per heavy atom. The number of fused-ring (bicyclic) bond motifs is 1. The maximum Gasteiger partial charge on any atom is 0.329 e. The second-order valence-electron chi connectivity index (χ2n) is 6.36. The van der Waals surface area contributed by atoms with Crippen LogP contribution in [0.2, 0.25) is 0 Å². The second kappa shape index (κ2) is 7.43. The highest BCUT2D eigenvalue weighted by molar-refractivity contribution is 8.13. The molecule has 3 rings (SSSR count). The van der Waals surface area contributed by atoms with Crippen LogP contribution in [0, 0.1) is 10.1 Å². The lowest BCUT2D eigenvalue weighted by atomic mass is 10.2. The zero-order valence-corrected chi connectivity index (χ0v) is 16.1. The van der Waals surface area contributed by atoms with Crippen molar-refractivity contribution in [3.8, 4) is 0 Å². The molecule has 0 unspecified atom stereocenters. The first-order chi connectivity index (χ1) is 13.2. The molecule has 0 radical (unpaired) electrons. The molecule has 3 aromatic rings. The fourth-order valence-electron chi connectivity index (χ4n) is 2.84. The Hall–Kier alpha value is -3.21. The number of H-pyrrole nitrogens is 1. The number of aromatic amines is 1. The van der Waals surface area contributed by atoms with Crippen LogP contribution in [0.3, 0.4) is 0 Å². The van der Waals surface area contributed by atoms with E-state index < -0.39 is 16.2 Å². The number of carbonyl (C=O) groups is 1. The molecule has 2 aromatic heterocycles. The van der Waals surface area contributed by atoms with Crippen molar-refractivity contribution in [2.45, 2.75) is 25.6 Å². The summed E-state index contributed by atoms with van der Waals surface area (Å²) in [4.78, 5) is 53.4. The third-order valence-electron chi connectivity index (χ3n) is 4.19. The van der Waals surface area contributed by atoms with Crippen molar-refractivity contribution in [2.24, 2.45) is 7.05 Å². The molecule has 1 aromatic carbocycles. The van der Waals surface area contributed by atoms with Crippen molar-refractivity contribution in [2.75, 3.05) is 0 Å². The summed E-state index contributed by atoms with van der Waals surface area (Å²) in [6.45, 7) is 3.75. The Labute approximate surface area is 162 Å². The number of nitrogens with zero attached hydrogens (tertiary/aromatic N) is 4. The largest absolute Gasteiger partial charge is 0.329 e. The number of nitro groups is 1. The number of hydrogen-bond acceptors (Lipinski definition) is 7. The molecule has 0 aliphatic rings. The predicted octanol–water partition coefficient (Wildman–Crippen LogP) is 1.99. The number of aryl methyl sites for hydroxylation is 1. The van der Waals surface area contributed by atoms with Crippen LogP contribution in [0.5, 0.6) is 0 Å². The number of rotatable bonds is 5. The molecule has 10 nitrogen and oxygen atoms in total. The summed E-state index contributed by atoms with van der Waals surface area (Å²) in [7, 11) is 1.51. The highest BCUT2D eigenvalue weighted by atomic mass is 32.2. The smallest absolute Gasteiger partial charge is 0.319 e. The highest BCUT2D eigenvalue weighted by Gasteiger charge is 2.20. The number of carbonyl (C=O) groups excluding carboxylic acids is 1. The van der Waals surface area contributed by atoms with Crippen LogP contribution >= 0.6 is 11.8 Å². The Balaban J connectivity index is 1.93. The van der Waals surface area contributed by atoms with E-state index in [2.05, 4.69) is 9.97 Å². The molecule has 0 bridgehead atoms. The summed E-state index contributed by atoms with van der Waals surface area (Å²) in [5.41, 5.74) is -0.336. The topological polar surface area (TPSA) is 133 Å². The summed E-state index contributed by atoms with van der Waals surface area (Å²) in [5.74, 6) is 0.660. The molecule has 146 valence electrons. The fraction of sp³-hybridized carbons (Fsp3) is 0.294. The number of non-ortho nitro benzene ring substituents is 1. The van der Waals surface area contributed by atoms with E-state index in [-0.39, 0.29) is 33.8 Å². The minimum Gasteiger partial charge on any atom is -0.319 e. The summed E-state index contributed by atoms with van der Waals surface area (Å²) in [5, 5.41) is 10.4. The van der Waals surface area contributed by atoms with E-state index in [9.17, 15) is 24.5 Å². The van der Waals surface area contributed by atoms with E-state index in [1.807, 2.05) is 13.8 Å². The van der Waals surface area contributed by atoms with Gasteiger partial charge in [0.05, 0.1) is 10.7 Å². The van der Waals surface area contributed by atoms with Crippen molar-refractivity contribution < 1.29 is 9.72 Å². The van der Waals surface area contributed by atoms with Crippen LogP contribution in [-0.4, -0.2) is 29.1 Å². The van der Waals surface area contributed by atoms with Gasteiger partial charge in [0, 0.05) is 30.8 Å². The van der Waals surface area contributed by atoms with Crippen molar-refractivity contribution in [3.05, 3.63) is 66.6 Å². The first-order valence-electron chi connectivity index (χ1n) is 8.32. The maximum atomic E-state index is 12.4. The van der Waals surface area contributed by atoms with Gasteiger partial charge >= 0.3 is 5.69 Å². The minimum absolute atomic E-state index is 0.0942. The number of nitro benzene ring substituents is 1. The monoisotopic (exact) mass is 403 g/mol. The molecule has 0 atom stereocenters. The lowest BCUT2D eigenvalue weighted by Gasteiger charge is -2.12. The van der Waals surface area contributed by atoms with Crippen LogP contribution in [-0.2, 0) is 12.8 Å². The molecule has 1 N–H and O–H groups in total. The fourth-order valence-corrected chi connectivity index (χ4v) is 3.60. The van der Waals surface area contributed by atoms with Gasteiger partial charge in [-0.15, -0.1) is 0 Å². The van der Waals surface area contributed by atoms with Crippen molar-refractivity contribution in [3.63, 3.8) is 0 Å². The van der Waals surface area contributed by atoms with Crippen molar-refractivity contribution in [1.82, 2.24) is 19.1 Å². The lowest BCUT2D eigenvalue weighted by molar-refractivity contribution is -0.384. The van der Waals surface area contributed by atoms with E-state index in [4.69, 9.17) is 0 Å². The minimum atomic E-state index is -0.563. The third-order valence-corrected chi connectivity index (χ3v) is 5.09. The van der Waals surface area contributed by atoms with E-state index in [0.717, 1.165) is 11.8 Å². The van der Waals surface area contributed by atoms with Crippen molar-refractivity contribution >= 4 is 33.7 Å². The molecule has 11 heteroatoms. The number of imidazole rings is 1. The van der Waals surface area contributed by atoms with Gasteiger partial charge in [0.15, 0.2) is 11.2 Å². The quantitative estimate of drug-likeness (QED) is 0.509. The SMILES string of the molecule is CC(C)n1c(CSC(=O)c2ccc([N+](=O)[O-])cc2)nc2c1c(=O)[nH]c(=O)n2C. The maximum absolute atomic E-state index is 12.4. The van der Waals surface area contributed by atoms with Crippen LogP contribution < -0.4 is 11.2 Å². The van der Waals surface area contributed by atoms with E-state index in [0.29, 0.717) is 11.4 Å². The molecule has 0 aliphatic carbocycles. The van der Waals surface area contributed by atoms with Gasteiger partial charge in [-0.05, 0) is 26.0 Å². The van der Waals surface area contributed by atoms with Crippen LogP contribution in [0.25, 0.3) is 11.2 Å². The first-order valence-corrected chi connectivity index (χ1v) is 9.31. The Morgan fingerprint density at radius 3 is 2.50 bits per heavy atom. The zero-order chi connectivity index (χ0) is 20.6. The van der Waals surface area contributed by atoms with Crippen LogP contribution in [0.1, 0.15) is 36.1 Å². The zero-order valence-electron chi connectivity index (χ0n) is 15.3. The van der Waals surface area contributed by atoms with Gasteiger partial charge in [0.25, 0.3) is 11.2 Å². The number of aromatic nitrogens is 4. The molecule has 0 saturated carbocycles. The molecule has 0 spiro atoms. The molecule has 2 heterocycles. The van der Waals surface area contributed by atoms with E-state index >= 15 is 0 Å². The summed E-state index contributed by atoms with van der Waals surface area (Å²) >= 11 is 0.968. The van der Waals surface area contributed by atoms with Gasteiger partial charge < -0.3 is 4.57 Å². The number of hydrogen-bond donors (Lipinski definition) is 1. The Bertz CT molecular complexity index is 1190. The number of nitrogens with one attached hydrogen (secondary N) is 1. The average Bonchev–Trinajstić information content (AvgIpc) is 3.05. The van der Waals surface area contributed by atoms with E-state index in [1.54, 1.807) is 4.57 Å². The van der Waals surface area contributed by atoms with Gasteiger partial charge in [-0.25, -0.2) is 9.78 Å². The van der Waals surface area contributed by atoms with Crippen molar-refractivity contribution in [1.29, 1.82) is 0 Å².